The molecule has 2 rings (SSSR count). The molecule has 106 valence electrons. The Morgan fingerprint density at radius 2 is 2.05 bits per heavy atom. The first-order chi connectivity index (χ1) is 9.70. The van der Waals surface area contributed by atoms with Gasteiger partial charge in [-0.15, -0.1) is 11.3 Å². The molecule has 1 amide bonds. The Morgan fingerprint density at radius 1 is 1.30 bits per heavy atom. The van der Waals surface area contributed by atoms with Crippen LogP contribution in [-0.4, -0.2) is 26.2 Å². The summed E-state index contributed by atoms with van der Waals surface area (Å²) in [5.41, 5.74) is 6.27. The topological polar surface area (TPSA) is 73.6 Å². The fourth-order valence-electron chi connectivity index (χ4n) is 1.60. The predicted octanol–water partition coefficient (Wildman–Crippen LogP) is 2.15. The van der Waals surface area contributed by atoms with E-state index in [1.807, 2.05) is 5.38 Å². The number of carbonyl (C=O) groups excluding carboxylic acids is 1. The second-order valence-electron chi connectivity index (χ2n) is 3.99. The van der Waals surface area contributed by atoms with Gasteiger partial charge in [0.25, 0.3) is 5.91 Å². The quantitative estimate of drug-likeness (QED) is 0.632. The summed E-state index contributed by atoms with van der Waals surface area (Å²) in [6.45, 7) is 0.813. The molecule has 0 radical (unpaired) electrons. The van der Waals surface area contributed by atoms with Crippen molar-refractivity contribution in [2.75, 3.05) is 26.0 Å². The molecule has 6 heteroatoms. The Labute approximate surface area is 121 Å². The smallest absolute Gasteiger partial charge is 0.265 e. The lowest BCUT2D eigenvalue weighted by Gasteiger charge is -2.08. The molecule has 0 spiro atoms. The summed E-state index contributed by atoms with van der Waals surface area (Å²) in [6.07, 6.45) is 0. The van der Waals surface area contributed by atoms with Crippen LogP contribution in [0.3, 0.4) is 0 Å². The summed E-state index contributed by atoms with van der Waals surface area (Å²) >= 11 is 1.35. The van der Waals surface area contributed by atoms with Gasteiger partial charge in [0, 0.05) is 5.69 Å². The Bertz CT molecular complexity index is 566. The molecule has 0 bridgehead atoms. The zero-order valence-corrected chi connectivity index (χ0v) is 11.9. The van der Waals surface area contributed by atoms with Crippen molar-refractivity contribution in [3.05, 3.63) is 40.6 Å². The number of hydrogen-bond donors (Lipinski definition) is 2. The van der Waals surface area contributed by atoms with Gasteiger partial charge < -0.3 is 20.5 Å². The number of nitrogen functional groups attached to an aromatic ring is 1. The van der Waals surface area contributed by atoms with Crippen LogP contribution < -0.4 is 20.5 Å². The first-order valence-electron chi connectivity index (χ1n) is 6.08. The third-order valence-electron chi connectivity index (χ3n) is 2.59. The van der Waals surface area contributed by atoms with Gasteiger partial charge >= 0.3 is 0 Å². The number of rotatable bonds is 6. The van der Waals surface area contributed by atoms with Crippen LogP contribution >= 0.6 is 11.3 Å². The number of nitrogens with two attached hydrogens (primary N) is 1. The Balaban J connectivity index is 1.76. The van der Waals surface area contributed by atoms with Gasteiger partial charge in [-0.25, -0.2) is 0 Å². The Morgan fingerprint density at radius 3 is 2.75 bits per heavy atom. The summed E-state index contributed by atoms with van der Waals surface area (Å²) in [6, 6.07) is 8.89. The van der Waals surface area contributed by atoms with Gasteiger partial charge in [0.2, 0.25) is 0 Å². The van der Waals surface area contributed by atoms with E-state index in [0.29, 0.717) is 29.5 Å². The highest BCUT2D eigenvalue weighted by Gasteiger charge is 2.12. The Kier molecular flexibility index (Phi) is 4.84. The molecule has 0 saturated carbocycles. The van der Waals surface area contributed by atoms with Gasteiger partial charge in [-0.2, -0.15) is 0 Å². The van der Waals surface area contributed by atoms with Gasteiger partial charge in [-0.1, -0.05) is 0 Å². The lowest BCUT2D eigenvalue weighted by atomic mass is 10.3. The zero-order chi connectivity index (χ0) is 14.4. The average molecular weight is 292 g/mol. The average Bonchev–Trinajstić information content (AvgIpc) is 2.94. The number of anilines is 1. The first kappa shape index (κ1) is 14.2. The van der Waals surface area contributed by atoms with Crippen LogP contribution in [0.1, 0.15) is 9.67 Å². The van der Waals surface area contributed by atoms with Gasteiger partial charge in [-0.3, -0.25) is 4.79 Å². The van der Waals surface area contributed by atoms with E-state index < -0.39 is 0 Å². The maximum absolute atomic E-state index is 11.9. The normalized spacial score (nSPS) is 10.1. The fraction of sp³-hybridized carbons (Fsp3) is 0.214. The van der Waals surface area contributed by atoms with Crippen LogP contribution in [0.5, 0.6) is 11.5 Å². The molecule has 0 aliphatic rings. The lowest BCUT2D eigenvalue weighted by molar-refractivity contribution is 0.0948. The molecule has 1 aromatic heterocycles. The number of carbonyl (C=O) groups is 1. The molecule has 0 unspecified atom stereocenters. The molecule has 0 saturated heterocycles. The lowest BCUT2D eigenvalue weighted by Crippen LogP contribution is -2.27. The predicted molar refractivity (Wildman–Crippen MR) is 79.6 cm³/mol. The molecule has 0 aliphatic heterocycles. The van der Waals surface area contributed by atoms with Crippen LogP contribution in [0.4, 0.5) is 5.69 Å². The molecule has 0 aliphatic carbocycles. The van der Waals surface area contributed by atoms with Crippen LogP contribution in [-0.2, 0) is 0 Å². The molecule has 1 aromatic carbocycles. The number of ether oxygens (including phenoxy) is 2. The summed E-state index contributed by atoms with van der Waals surface area (Å²) in [5, 5.41) is 4.60. The second-order valence-corrected chi connectivity index (χ2v) is 4.91. The molecule has 3 N–H and O–H groups in total. The van der Waals surface area contributed by atoms with Crippen molar-refractivity contribution < 1.29 is 14.3 Å². The number of benzene rings is 1. The van der Waals surface area contributed by atoms with E-state index in [9.17, 15) is 4.79 Å². The van der Waals surface area contributed by atoms with Crippen molar-refractivity contribution >= 4 is 22.9 Å². The van der Waals surface area contributed by atoms with Gasteiger partial charge in [0.1, 0.15) is 23.0 Å². The van der Waals surface area contributed by atoms with Gasteiger partial charge in [0.15, 0.2) is 0 Å². The van der Waals surface area contributed by atoms with E-state index in [1.54, 1.807) is 37.4 Å². The highest BCUT2D eigenvalue weighted by molar-refractivity contribution is 7.12. The van der Waals surface area contributed by atoms with Crippen molar-refractivity contribution in [1.82, 2.24) is 5.32 Å². The minimum atomic E-state index is -0.155. The van der Waals surface area contributed by atoms with Crippen molar-refractivity contribution in [3.63, 3.8) is 0 Å². The van der Waals surface area contributed by atoms with E-state index in [0.717, 1.165) is 5.75 Å². The summed E-state index contributed by atoms with van der Waals surface area (Å²) in [5.74, 6) is 1.16. The van der Waals surface area contributed by atoms with Crippen molar-refractivity contribution in [2.24, 2.45) is 0 Å². The second kappa shape index (κ2) is 6.81. The summed E-state index contributed by atoms with van der Waals surface area (Å²) in [7, 11) is 1.54. The van der Waals surface area contributed by atoms with Crippen molar-refractivity contribution in [1.29, 1.82) is 0 Å². The van der Waals surface area contributed by atoms with Crippen LogP contribution in [0, 0.1) is 0 Å². The first-order valence-corrected chi connectivity index (χ1v) is 6.96. The van der Waals surface area contributed by atoms with E-state index in [4.69, 9.17) is 15.2 Å². The third kappa shape index (κ3) is 3.64. The van der Waals surface area contributed by atoms with E-state index in [1.165, 1.54) is 11.3 Å². The molecular formula is C14H16N2O3S. The number of amides is 1. The maximum atomic E-state index is 11.9. The van der Waals surface area contributed by atoms with Crippen LogP contribution in [0.15, 0.2) is 35.7 Å². The van der Waals surface area contributed by atoms with E-state index >= 15 is 0 Å². The maximum Gasteiger partial charge on any atom is 0.265 e. The molecule has 0 fully saturated rings. The molecule has 20 heavy (non-hydrogen) atoms. The number of nitrogens with one attached hydrogen (secondary N) is 1. The largest absolute Gasteiger partial charge is 0.495 e. The minimum absolute atomic E-state index is 0.155. The molecule has 1 heterocycles. The van der Waals surface area contributed by atoms with Gasteiger partial charge in [-0.05, 0) is 35.7 Å². The zero-order valence-electron chi connectivity index (χ0n) is 11.1. The molecule has 0 atom stereocenters. The number of thiophene rings is 1. The molecule has 5 nitrogen and oxygen atoms in total. The van der Waals surface area contributed by atoms with E-state index in [2.05, 4.69) is 5.32 Å². The van der Waals surface area contributed by atoms with Crippen LogP contribution in [0.25, 0.3) is 0 Å². The standard InChI is InChI=1S/C14H16N2O3S/c1-18-12-6-9-20-13(12)14(17)16-7-8-19-11-4-2-10(15)3-5-11/h2-6,9H,7-8,15H2,1H3,(H,16,17). The monoisotopic (exact) mass is 292 g/mol. The van der Waals surface area contributed by atoms with Gasteiger partial charge in [0.05, 0.1) is 13.7 Å². The van der Waals surface area contributed by atoms with Crippen LogP contribution in [0.2, 0.25) is 0 Å². The van der Waals surface area contributed by atoms with Crippen molar-refractivity contribution in [2.45, 2.75) is 0 Å². The molecular weight excluding hydrogens is 276 g/mol. The highest BCUT2D eigenvalue weighted by Crippen LogP contribution is 2.23. The van der Waals surface area contributed by atoms with Crippen molar-refractivity contribution in [3.8, 4) is 11.5 Å². The summed E-state index contributed by atoms with van der Waals surface area (Å²) < 4.78 is 10.6. The Hall–Kier alpha value is -2.21. The highest BCUT2D eigenvalue weighted by atomic mass is 32.1. The summed E-state index contributed by atoms with van der Waals surface area (Å²) in [4.78, 5) is 12.5. The molecule has 2 aromatic rings. The minimum Gasteiger partial charge on any atom is -0.495 e. The fourth-order valence-corrected chi connectivity index (χ4v) is 2.38. The number of methoxy groups -OCH3 is 1. The SMILES string of the molecule is COc1ccsc1C(=O)NCCOc1ccc(N)cc1. The van der Waals surface area contributed by atoms with E-state index in [-0.39, 0.29) is 5.91 Å². The number of hydrogen-bond acceptors (Lipinski definition) is 5. The third-order valence-corrected chi connectivity index (χ3v) is 3.49.